The molecule has 1 amide bonds. The van der Waals surface area contributed by atoms with Crippen molar-refractivity contribution >= 4 is 5.91 Å². The number of rotatable bonds is 2. The van der Waals surface area contributed by atoms with Crippen LogP contribution in [0.1, 0.15) is 34.1 Å². The largest absolute Gasteiger partial charge is 0.371 e. The van der Waals surface area contributed by atoms with Gasteiger partial charge in [0.1, 0.15) is 0 Å². The molecule has 4 heteroatoms. The van der Waals surface area contributed by atoms with E-state index in [1.54, 1.807) is 0 Å². The number of carbonyl (C=O) groups is 1. The van der Waals surface area contributed by atoms with Gasteiger partial charge in [-0.2, -0.15) is 0 Å². The fourth-order valence-corrected chi connectivity index (χ4v) is 3.21. The van der Waals surface area contributed by atoms with Gasteiger partial charge < -0.3 is 10.5 Å². The molecule has 2 heterocycles. The van der Waals surface area contributed by atoms with Gasteiger partial charge in [0.05, 0.1) is 17.7 Å². The van der Waals surface area contributed by atoms with E-state index in [9.17, 15) is 4.79 Å². The fourth-order valence-electron chi connectivity index (χ4n) is 3.21. The SMILES string of the molecule is CC(C)N1CC2OC(C)(C)CC2C1C(N)=O. The second-order valence-corrected chi connectivity index (χ2v) is 5.92. The summed E-state index contributed by atoms with van der Waals surface area (Å²) in [5.74, 6) is 0.0670. The van der Waals surface area contributed by atoms with Crippen LogP contribution in [-0.2, 0) is 9.53 Å². The van der Waals surface area contributed by atoms with Gasteiger partial charge in [-0.05, 0) is 34.1 Å². The summed E-state index contributed by atoms with van der Waals surface area (Å²) in [5.41, 5.74) is 5.43. The molecule has 2 rings (SSSR count). The number of amides is 1. The van der Waals surface area contributed by atoms with Gasteiger partial charge in [0, 0.05) is 18.5 Å². The fraction of sp³-hybridized carbons (Fsp3) is 0.917. The monoisotopic (exact) mass is 226 g/mol. The number of nitrogens with two attached hydrogens (primary N) is 1. The second kappa shape index (κ2) is 3.70. The lowest BCUT2D eigenvalue weighted by Crippen LogP contribution is -2.47. The number of ether oxygens (including phenoxy) is 1. The maximum atomic E-state index is 11.6. The molecule has 0 saturated carbocycles. The molecular weight excluding hydrogens is 204 g/mol. The highest BCUT2D eigenvalue weighted by molar-refractivity contribution is 5.81. The van der Waals surface area contributed by atoms with Gasteiger partial charge in [0.25, 0.3) is 0 Å². The molecule has 0 aliphatic carbocycles. The summed E-state index contributed by atoms with van der Waals surface area (Å²) < 4.78 is 5.98. The molecular formula is C12H22N2O2. The van der Waals surface area contributed by atoms with E-state index in [2.05, 4.69) is 32.6 Å². The minimum absolute atomic E-state index is 0.105. The molecule has 0 aromatic heterocycles. The lowest BCUT2D eigenvalue weighted by Gasteiger charge is -2.30. The van der Waals surface area contributed by atoms with E-state index >= 15 is 0 Å². The van der Waals surface area contributed by atoms with Crippen molar-refractivity contribution in [2.24, 2.45) is 11.7 Å². The molecule has 2 fully saturated rings. The molecule has 2 N–H and O–H groups in total. The van der Waals surface area contributed by atoms with Crippen LogP contribution >= 0.6 is 0 Å². The van der Waals surface area contributed by atoms with Crippen LogP contribution in [0.25, 0.3) is 0 Å². The minimum Gasteiger partial charge on any atom is -0.371 e. The zero-order chi connectivity index (χ0) is 12.1. The molecule has 16 heavy (non-hydrogen) atoms. The Morgan fingerprint density at radius 3 is 2.62 bits per heavy atom. The van der Waals surface area contributed by atoms with Gasteiger partial charge in [-0.25, -0.2) is 0 Å². The minimum atomic E-state index is -0.206. The summed E-state index contributed by atoms with van der Waals surface area (Å²) >= 11 is 0. The van der Waals surface area contributed by atoms with Crippen LogP contribution in [0, 0.1) is 5.92 Å². The molecule has 2 aliphatic rings. The van der Waals surface area contributed by atoms with Gasteiger partial charge in [-0.15, -0.1) is 0 Å². The first-order chi connectivity index (χ1) is 7.32. The third kappa shape index (κ3) is 1.84. The number of carbonyl (C=O) groups excluding carboxylic acids is 1. The Hall–Kier alpha value is -0.610. The number of hydrogen-bond acceptors (Lipinski definition) is 3. The van der Waals surface area contributed by atoms with Crippen LogP contribution in [-0.4, -0.2) is 41.1 Å². The summed E-state index contributed by atoms with van der Waals surface area (Å²) in [7, 11) is 0. The Morgan fingerprint density at radius 1 is 1.50 bits per heavy atom. The van der Waals surface area contributed by atoms with Crippen molar-refractivity contribution in [3.63, 3.8) is 0 Å². The van der Waals surface area contributed by atoms with E-state index in [4.69, 9.17) is 10.5 Å². The van der Waals surface area contributed by atoms with Gasteiger partial charge >= 0.3 is 0 Å². The number of fused-ring (bicyclic) bond motifs is 1. The maximum absolute atomic E-state index is 11.6. The van der Waals surface area contributed by atoms with Crippen molar-refractivity contribution in [1.82, 2.24) is 4.90 Å². The summed E-state index contributed by atoms with van der Waals surface area (Å²) in [6.07, 6.45) is 1.10. The highest BCUT2D eigenvalue weighted by Gasteiger charge is 2.53. The Labute approximate surface area is 97.1 Å². The third-order valence-electron chi connectivity index (χ3n) is 3.78. The van der Waals surface area contributed by atoms with Gasteiger partial charge in [0.2, 0.25) is 5.91 Å². The van der Waals surface area contributed by atoms with Crippen molar-refractivity contribution in [2.45, 2.75) is 57.9 Å². The molecule has 0 radical (unpaired) electrons. The second-order valence-electron chi connectivity index (χ2n) is 5.92. The zero-order valence-electron chi connectivity index (χ0n) is 10.6. The summed E-state index contributed by atoms with van der Waals surface area (Å²) in [4.78, 5) is 13.8. The molecule has 3 atom stereocenters. The van der Waals surface area contributed by atoms with Crippen molar-refractivity contribution in [2.75, 3.05) is 6.54 Å². The average molecular weight is 226 g/mol. The molecule has 0 aromatic carbocycles. The van der Waals surface area contributed by atoms with Gasteiger partial charge in [-0.1, -0.05) is 0 Å². The van der Waals surface area contributed by atoms with Crippen molar-refractivity contribution < 1.29 is 9.53 Å². The number of likely N-dealkylation sites (tertiary alicyclic amines) is 1. The predicted octanol–water partition coefficient (Wildman–Crippen LogP) is 0.748. The molecule has 0 bridgehead atoms. The van der Waals surface area contributed by atoms with E-state index in [0.717, 1.165) is 13.0 Å². The van der Waals surface area contributed by atoms with Gasteiger partial charge in [-0.3, -0.25) is 9.69 Å². The van der Waals surface area contributed by atoms with Crippen LogP contribution in [0.2, 0.25) is 0 Å². The van der Waals surface area contributed by atoms with Crippen LogP contribution in [0.3, 0.4) is 0 Å². The van der Waals surface area contributed by atoms with Crippen molar-refractivity contribution in [3.05, 3.63) is 0 Å². The van der Waals surface area contributed by atoms with Crippen LogP contribution in [0.15, 0.2) is 0 Å². The quantitative estimate of drug-likeness (QED) is 0.756. The standard InChI is InChI=1S/C12H22N2O2/c1-7(2)14-6-9-8(10(14)11(13)15)5-12(3,4)16-9/h7-10H,5-6H2,1-4H3,(H2,13,15). The van der Waals surface area contributed by atoms with E-state index < -0.39 is 0 Å². The third-order valence-corrected chi connectivity index (χ3v) is 3.78. The summed E-state index contributed by atoms with van der Waals surface area (Å²) in [6, 6.07) is 0.196. The van der Waals surface area contributed by atoms with Crippen LogP contribution in [0.5, 0.6) is 0 Å². The van der Waals surface area contributed by atoms with Crippen LogP contribution < -0.4 is 5.73 Å². The molecule has 92 valence electrons. The Bertz CT molecular complexity index is 301. The Morgan fingerprint density at radius 2 is 2.12 bits per heavy atom. The first-order valence-corrected chi connectivity index (χ1v) is 6.05. The number of primary amides is 1. The number of hydrogen-bond donors (Lipinski definition) is 1. The van der Waals surface area contributed by atoms with Gasteiger partial charge in [0.15, 0.2) is 0 Å². The number of nitrogens with zero attached hydrogens (tertiary/aromatic N) is 1. The van der Waals surface area contributed by atoms with E-state index in [-0.39, 0.29) is 29.6 Å². The Kier molecular flexibility index (Phi) is 2.75. The molecule has 3 unspecified atom stereocenters. The highest BCUT2D eigenvalue weighted by Crippen LogP contribution is 2.43. The van der Waals surface area contributed by atoms with E-state index in [1.165, 1.54) is 0 Å². The molecule has 0 spiro atoms. The van der Waals surface area contributed by atoms with Crippen molar-refractivity contribution in [3.8, 4) is 0 Å². The molecule has 2 saturated heterocycles. The molecule has 4 nitrogen and oxygen atoms in total. The zero-order valence-corrected chi connectivity index (χ0v) is 10.6. The topological polar surface area (TPSA) is 55.6 Å². The normalized spacial score (nSPS) is 37.9. The molecule has 0 aromatic rings. The first kappa shape index (κ1) is 11.9. The summed E-state index contributed by atoms with van der Waals surface area (Å²) in [6.45, 7) is 9.20. The summed E-state index contributed by atoms with van der Waals surface area (Å²) in [5, 5.41) is 0. The maximum Gasteiger partial charge on any atom is 0.235 e. The Balaban J connectivity index is 2.20. The highest BCUT2D eigenvalue weighted by atomic mass is 16.5. The lowest BCUT2D eigenvalue weighted by atomic mass is 9.90. The first-order valence-electron chi connectivity index (χ1n) is 6.05. The van der Waals surface area contributed by atoms with Crippen LogP contribution in [0.4, 0.5) is 0 Å². The van der Waals surface area contributed by atoms with E-state index in [0.29, 0.717) is 6.04 Å². The average Bonchev–Trinajstić information content (AvgIpc) is 2.54. The predicted molar refractivity (Wildman–Crippen MR) is 61.9 cm³/mol. The van der Waals surface area contributed by atoms with Crippen molar-refractivity contribution in [1.29, 1.82) is 0 Å². The smallest absolute Gasteiger partial charge is 0.235 e. The van der Waals surface area contributed by atoms with E-state index in [1.807, 2.05) is 0 Å². The lowest BCUT2D eigenvalue weighted by molar-refractivity contribution is -0.124. The molecule has 2 aliphatic heterocycles.